The summed E-state index contributed by atoms with van der Waals surface area (Å²) in [5, 5.41) is 21.4. The Morgan fingerprint density at radius 3 is 2.81 bits per heavy atom. The third-order valence-corrected chi connectivity index (χ3v) is 3.21. The molecule has 0 saturated carbocycles. The van der Waals surface area contributed by atoms with E-state index in [1.165, 1.54) is 12.4 Å². The standard InChI is InChI=1S/C14H13BrN4O2/c15-12-3-1-2-4-13(12)21-9-11(20)7-19-14-8-17-10(5-16)6-18-14/h1-4,6,8,11,20H,7,9H2,(H,18,19). The first-order valence-electron chi connectivity index (χ1n) is 6.20. The number of aliphatic hydroxyl groups excluding tert-OH is 1. The Hall–Kier alpha value is -2.17. The molecule has 0 amide bonds. The van der Waals surface area contributed by atoms with E-state index in [1.807, 2.05) is 30.3 Å². The van der Waals surface area contributed by atoms with Gasteiger partial charge in [-0.3, -0.25) is 0 Å². The van der Waals surface area contributed by atoms with Crippen molar-refractivity contribution in [2.75, 3.05) is 18.5 Å². The van der Waals surface area contributed by atoms with Crippen LogP contribution in [0.3, 0.4) is 0 Å². The number of nitrogens with one attached hydrogen (secondary N) is 1. The van der Waals surface area contributed by atoms with E-state index in [-0.39, 0.29) is 18.8 Å². The third-order valence-electron chi connectivity index (χ3n) is 2.55. The molecule has 108 valence electrons. The number of para-hydroxylation sites is 1. The highest BCUT2D eigenvalue weighted by molar-refractivity contribution is 9.10. The average molecular weight is 349 g/mol. The second-order valence-corrected chi connectivity index (χ2v) is 5.03. The zero-order chi connectivity index (χ0) is 15.1. The fraction of sp³-hybridized carbons (Fsp3) is 0.214. The monoisotopic (exact) mass is 348 g/mol. The van der Waals surface area contributed by atoms with Crippen LogP contribution >= 0.6 is 15.9 Å². The van der Waals surface area contributed by atoms with Crippen LogP contribution in [0.5, 0.6) is 5.75 Å². The Bertz CT molecular complexity index is 628. The number of nitrogens with zero attached hydrogens (tertiary/aromatic N) is 3. The number of hydrogen-bond donors (Lipinski definition) is 2. The molecular weight excluding hydrogens is 336 g/mol. The van der Waals surface area contributed by atoms with Crippen LogP contribution < -0.4 is 10.1 Å². The molecule has 2 aromatic rings. The van der Waals surface area contributed by atoms with Gasteiger partial charge in [0.25, 0.3) is 0 Å². The summed E-state index contributed by atoms with van der Waals surface area (Å²) >= 11 is 3.37. The molecule has 0 aliphatic heterocycles. The first-order chi connectivity index (χ1) is 10.2. The van der Waals surface area contributed by atoms with Gasteiger partial charge in [0.05, 0.1) is 16.9 Å². The van der Waals surface area contributed by atoms with Crippen molar-refractivity contribution < 1.29 is 9.84 Å². The molecule has 7 heteroatoms. The highest BCUT2D eigenvalue weighted by Crippen LogP contribution is 2.23. The Kier molecular flexibility index (Phi) is 5.49. The van der Waals surface area contributed by atoms with Crippen molar-refractivity contribution in [2.24, 2.45) is 0 Å². The zero-order valence-electron chi connectivity index (χ0n) is 11.0. The second-order valence-electron chi connectivity index (χ2n) is 4.17. The summed E-state index contributed by atoms with van der Waals surface area (Å²) < 4.78 is 6.34. The van der Waals surface area contributed by atoms with E-state index in [4.69, 9.17) is 10.00 Å². The lowest BCUT2D eigenvalue weighted by atomic mass is 10.3. The molecule has 2 N–H and O–H groups in total. The maximum Gasteiger partial charge on any atom is 0.158 e. The van der Waals surface area contributed by atoms with Gasteiger partial charge in [-0.25, -0.2) is 9.97 Å². The number of aromatic nitrogens is 2. The molecule has 0 saturated heterocycles. The van der Waals surface area contributed by atoms with Crippen LogP contribution in [0.1, 0.15) is 5.69 Å². The summed E-state index contributed by atoms with van der Waals surface area (Å²) in [5.74, 6) is 1.17. The van der Waals surface area contributed by atoms with E-state index in [0.29, 0.717) is 11.6 Å². The molecular formula is C14H13BrN4O2. The maximum absolute atomic E-state index is 9.86. The van der Waals surface area contributed by atoms with Gasteiger partial charge in [-0.15, -0.1) is 0 Å². The molecule has 2 rings (SSSR count). The van der Waals surface area contributed by atoms with E-state index in [0.717, 1.165) is 4.47 Å². The summed E-state index contributed by atoms with van der Waals surface area (Å²) in [6.45, 7) is 0.421. The Balaban J connectivity index is 1.78. The van der Waals surface area contributed by atoms with Gasteiger partial charge in [0.2, 0.25) is 0 Å². The van der Waals surface area contributed by atoms with Crippen LogP contribution in [-0.4, -0.2) is 34.3 Å². The van der Waals surface area contributed by atoms with E-state index >= 15 is 0 Å². The number of aliphatic hydroxyl groups is 1. The lowest BCUT2D eigenvalue weighted by Crippen LogP contribution is -2.26. The van der Waals surface area contributed by atoms with Gasteiger partial charge in [0, 0.05) is 6.54 Å². The first kappa shape index (κ1) is 15.2. The quantitative estimate of drug-likeness (QED) is 0.829. The van der Waals surface area contributed by atoms with Crippen molar-refractivity contribution in [3.8, 4) is 11.8 Å². The molecule has 1 atom stereocenters. The molecule has 1 unspecified atom stereocenters. The number of ether oxygens (including phenoxy) is 1. The normalized spacial score (nSPS) is 11.5. The topological polar surface area (TPSA) is 91.1 Å². The summed E-state index contributed by atoms with van der Waals surface area (Å²) in [6, 6.07) is 9.32. The van der Waals surface area contributed by atoms with Crippen molar-refractivity contribution in [3.05, 3.63) is 46.8 Å². The highest BCUT2D eigenvalue weighted by atomic mass is 79.9. The molecule has 1 aromatic carbocycles. The molecule has 1 heterocycles. The first-order valence-corrected chi connectivity index (χ1v) is 6.99. The predicted molar refractivity (Wildman–Crippen MR) is 80.9 cm³/mol. The van der Waals surface area contributed by atoms with Crippen LogP contribution in [0, 0.1) is 11.3 Å². The Labute approximate surface area is 130 Å². The summed E-state index contributed by atoms with van der Waals surface area (Å²) in [7, 11) is 0. The Morgan fingerprint density at radius 2 is 2.14 bits per heavy atom. The van der Waals surface area contributed by atoms with Crippen molar-refractivity contribution in [2.45, 2.75) is 6.10 Å². The molecule has 0 bridgehead atoms. The minimum atomic E-state index is -0.699. The molecule has 0 radical (unpaired) electrons. The molecule has 0 spiro atoms. The van der Waals surface area contributed by atoms with Crippen LogP contribution in [0.2, 0.25) is 0 Å². The number of halogens is 1. The van der Waals surface area contributed by atoms with Gasteiger partial charge in [0.15, 0.2) is 5.69 Å². The van der Waals surface area contributed by atoms with Crippen LogP contribution in [0.15, 0.2) is 41.1 Å². The minimum Gasteiger partial charge on any atom is -0.490 e. The van der Waals surface area contributed by atoms with Gasteiger partial charge in [-0.2, -0.15) is 5.26 Å². The van der Waals surface area contributed by atoms with Crippen molar-refractivity contribution in [1.82, 2.24) is 9.97 Å². The third kappa shape index (κ3) is 4.70. The largest absolute Gasteiger partial charge is 0.490 e. The molecule has 1 aromatic heterocycles. The van der Waals surface area contributed by atoms with Crippen molar-refractivity contribution >= 4 is 21.7 Å². The predicted octanol–water partition coefficient (Wildman–Crippen LogP) is 1.96. The summed E-state index contributed by atoms with van der Waals surface area (Å²) in [5.41, 5.74) is 0.248. The smallest absolute Gasteiger partial charge is 0.158 e. The molecule has 0 fully saturated rings. The average Bonchev–Trinajstić information content (AvgIpc) is 2.52. The second kappa shape index (κ2) is 7.57. The number of rotatable bonds is 6. The fourth-order valence-electron chi connectivity index (χ4n) is 1.51. The fourth-order valence-corrected chi connectivity index (χ4v) is 1.91. The molecule has 21 heavy (non-hydrogen) atoms. The van der Waals surface area contributed by atoms with E-state index in [2.05, 4.69) is 31.2 Å². The van der Waals surface area contributed by atoms with E-state index in [1.54, 1.807) is 0 Å². The Morgan fingerprint density at radius 1 is 1.33 bits per heavy atom. The van der Waals surface area contributed by atoms with Gasteiger partial charge < -0.3 is 15.2 Å². The SMILES string of the molecule is N#Cc1cnc(NCC(O)COc2ccccc2Br)cn1. The lowest BCUT2D eigenvalue weighted by molar-refractivity contribution is 0.117. The minimum absolute atomic E-state index is 0.152. The number of nitriles is 1. The number of anilines is 1. The van der Waals surface area contributed by atoms with Gasteiger partial charge >= 0.3 is 0 Å². The summed E-state index contributed by atoms with van der Waals surface area (Å²) in [6.07, 6.45) is 2.11. The highest BCUT2D eigenvalue weighted by Gasteiger charge is 2.07. The van der Waals surface area contributed by atoms with Gasteiger partial charge in [-0.05, 0) is 28.1 Å². The van der Waals surface area contributed by atoms with Crippen LogP contribution in [-0.2, 0) is 0 Å². The van der Waals surface area contributed by atoms with Crippen molar-refractivity contribution in [3.63, 3.8) is 0 Å². The summed E-state index contributed by atoms with van der Waals surface area (Å²) in [4.78, 5) is 7.87. The number of hydrogen-bond acceptors (Lipinski definition) is 6. The lowest BCUT2D eigenvalue weighted by Gasteiger charge is -2.14. The maximum atomic E-state index is 9.86. The van der Waals surface area contributed by atoms with Crippen molar-refractivity contribution in [1.29, 1.82) is 5.26 Å². The van der Waals surface area contributed by atoms with E-state index in [9.17, 15) is 5.11 Å². The van der Waals surface area contributed by atoms with Crippen LogP contribution in [0.4, 0.5) is 5.82 Å². The van der Waals surface area contributed by atoms with Gasteiger partial charge in [-0.1, -0.05) is 12.1 Å². The van der Waals surface area contributed by atoms with Crippen LogP contribution in [0.25, 0.3) is 0 Å². The van der Waals surface area contributed by atoms with E-state index < -0.39 is 6.10 Å². The zero-order valence-corrected chi connectivity index (χ0v) is 12.6. The number of benzene rings is 1. The molecule has 0 aliphatic carbocycles. The molecule has 0 aliphatic rings. The molecule has 6 nitrogen and oxygen atoms in total. The van der Waals surface area contributed by atoms with Gasteiger partial charge in [0.1, 0.15) is 30.3 Å².